The van der Waals surface area contributed by atoms with Crippen LogP contribution in [0.2, 0.25) is 0 Å². The summed E-state index contributed by atoms with van der Waals surface area (Å²) in [6, 6.07) is 4.19. The number of fused-ring (bicyclic) bond motifs is 1. The van der Waals surface area contributed by atoms with E-state index in [1.54, 1.807) is 6.20 Å². The molecule has 0 amide bonds. The minimum atomic E-state index is -0.108. The highest BCUT2D eigenvalue weighted by molar-refractivity contribution is 7.12. The Morgan fingerprint density at radius 1 is 1.19 bits per heavy atom. The molecule has 2 aromatic rings. The Morgan fingerprint density at radius 2 is 2.00 bits per heavy atom. The molecule has 2 aromatic heterocycles. The molecule has 0 radical (unpaired) electrons. The first-order valence-corrected chi connectivity index (χ1v) is 8.44. The second-order valence-electron chi connectivity index (χ2n) is 5.90. The first kappa shape index (κ1) is 14.5. The van der Waals surface area contributed by atoms with Crippen molar-refractivity contribution >= 4 is 11.3 Å². The summed E-state index contributed by atoms with van der Waals surface area (Å²) in [5, 5.41) is 0. The summed E-state index contributed by atoms with van der Waals surface area (Å²) < 4.78 is 5.71. The van der Waals surface area contributed by atoms with Gasteiger partial charge in [-0.2, -0.15) is 0 Å². The van der Waals surface area contributed by atoms with E-state index < -0.39 is 0 Å². The normalized spacial score (nSPS) is 15.8. The Kier molecular flexibility index (Phi) is 4.27. The number of aryl methyl sites for hydroxylation is 2. The highest BCUT2D eigenvalue weighted by Gasteiger charge is 2.18. The average Bonchev–Trinajstić information content (AvgIpc) is 2.90. The molecule has 1 unspecified atom stereocenters. The molecule has 0 aliphatic heterocycles. The Hall–Kier alpha value is -1.39. The quantitative estimate of drug-likeness (QED) is 0.933. The number of hydrogen-bond acceptors (Lipinski definition) is 4. The van der Waals surface area contributed by atoms with Gasteiger partial charge in [0.2, 0.25) is 0 Å². The highest BCUT2D eigenvalue weighted by atomic mass is 32.1. The van der Waals surface area contributed by atoms with Crippen LogP contribution in [0.1, 0.15) is 53.6 Å². The molecule has 0 aromatic carbocycles. The molecule has 4 heteroatoms. The monoisotopic (exact) mass is 302 g/mol. The van der Waals surface area contributed by atoms with Gasteiger partial charge in [0.25, 0.3) is 0 Å². The first-order valence-electron chi connectivity index (χ1n) is 7.62. The lowest BCUT2D eigenvalue weighted by atomic mass is 9.98. The molecule has 112 valence electrons. The van der Waals surface area contributed by atoms with Crippen molar-refractivity contribution in [1.29, 1.82) is 0 Å². The number of hydrogen-bond donors (Lipinski definition) is 1. The van der Waals surface area contributed by atoms with E-state index in [-0.39, 0.29) is 12.1 Å². The van der Waals surface area contributed by atoms with Crippen molar-refractivity contribution in [2.75, 3.05) is 0 Å². The predicted molar refractivity (Wildman–Crippen MR) is 87.0 cm³/mol. The van der Waals surface area contributed by atoms with Crippen LogP contribution in [-0.4, -0.2) is 11.1 Å². The molecule has 0 fully saturated rings. The van der Waals surface area contributed by atoms with Gasteiger partial charge in [0.1, 0.15) is 5.75 Å². The molecule has 3 nitrogen and oxygen atoms in total. The summed E-state index contributed by atoms with van der Waals surface area (Å²) in [6.07, 6.45) is 8.76. The second kappa shape index (κ2) is 6.16. The molecule has 0 bridgehead atoms. The fourth-order valence-corrected chi connectivity index (χ4v) is 4.06. The molecule has 1 aliphatic rings. The SMILES string of the molecule is CC(C)Oc1cncc(C(N)c2cc3c(s2)CCCC3)c1. The zero-order valence-corrected chi connectivity index (χ0v) is 13.5. The number of nitrogens with two attached hydrogens (primary N) is 1. The van der Waals surface area contributed by atoms with Crippen molar-refractivity contribution < 1.29 is 4.74 Å². The van der Waals surface area contributed by atoms with Crippen LogP contribution in [0.4, 0.5) is 0 Å². The molecular weight excluding hydrogens is 280 g/mol. The maximum absolute atomic E-state index is 6.44. The summed E-state index contributed by atoms with van der Waals surface area (Å²) in [5.41, 5.74) is 8.96. The van der Waals surface area contributed by atoms with E-state index >= 15 is 0 Å². The van der Waals surface area contributed by atoms with Crippen LogP contribution < -0.4 is 10.5 Å². The number of thiophene rings is 1. The van der Waals surface area contributed by atoms with Gasteiger partial charge in [0.05, 0.1) is 18.3 Å². The molecule has 2 heterocycles. The van der Waals surface area contributed by atoms with Crippen LogP contribution >= 0.6 is 11.3 Å². The third kappa shape index (κ3) is 3.27. The van der Waals surface area contributed by atoms with Gasteiger partial charge in [-0.3, -0.25) is 4.98 Å². The largest absolute Gasteiger partial charge is 0.489 e. The second-order valence-corrected chi connectivity index (χ2v) is 7.07. The maximum Gasteiger partial charge on any atom is 0.138 e. The Labute approximate surface area is 130 Å². The van der Waals surface area contributed by atoms with Crippen molar-refractivity contribution in [2.45, 2.75) is 51.7 Å². The Morgan fingerprint density at radius 3 is 2.76 bits per heavy atom. The maximum atomic E-state index is 6.44. The lowest BCUT2D eigenvalue weighted by Gasteiger charge is -2.13. The molecule has 0 saturated carbocycles. The van der Waals surface area contributed by atoms with Crippen molar-refractivity contribution in [3.05, 3.63) is 45.4 Å². The van der Waals surface area contributed by atoms with Crippen molar-refractivity contribution in [1.82, 2.24) is 4.98 Å². The third-order valence-electron chi connectivity index (χ3n) is 3.79. The fraction of sp³-hybridized carbons (Fsp3) is 0.471. The highest BCUT2D eigenvalue weighted by Crippen LogP contribution is 2.34. The number of pyridine rings is 1. The van der Waals surface area contributed by atoms with Gasteiger partial charge in [0, 0.05) is 16.0 Å². The van der Waals surface area contributed by atoms with Gasteiger partial charge in [-0.25, -0.2) is 0 Å². The zero-order chi connectivity index (χ0) is 14.8. The summed E-state index contributed by atoms with van der Waals surface area (Å²) in [4.78, 5) is 7.03. The van der Waals surface area contributed by atoms with Gasteiger partial charge in [-0.05, 0) is 62.8 Å². The van der Waals surface area contributed by atoms with Crippen molar-refractivity contribution in [3.8, 4) is 5.75 Å². The Bertz CT molecular complexity index is 598. The zero-order valence-electron chi connectivity index (χ0n) is 12.6. The molecular formula is C17H22N2OS. The number of rotatable bonds is 4. The standard InChI is InChI=1S/C17H22N2OS/c1-11(2)20-14-7-13(9-19-10-14)17(18)16-8-12-5-3-4-6-15(12)21-16/h7-11,17H,3-6,18H2,1-2H3. The minimum Gasteiger partial charge on any atom is -0.489 e. The van der Waals surface area contributed by atoms with Crippen LogP contribution in [0.3, 0.4) is 0 Å². The molecule has 3 rings (SSSR count). The van der Waals surface area contributed by atoms with E-state index in [0.717, 1.165) is 11.3 Å². The summed E-state index contributed by atoms with van der Waals surface area (Å²) in [5.74, 6) is 0.791. The fourth-order valence-electron chi connectivity index (χ4n) is 2.77. The smallest absolute Gasteiger partial charge is 0.138 e. The van der Waals surface area contributed by atoms with Crippen molar-refractivity contribution in [2.24, 2.45) is 5.73 Å². The molecule has 21 heavy (non-hydrogen) atoms. The number of aromatic nitrogens is 1. The third-order valence-corrected chi connectivity index (χ3v) is 5.11. The number of nitrogens with zero attached hydrogens (tertiary/aromatic N) is 1. The van der Waals surface area contributed by atoms with Crippen LogP contribution in [0.15, 0.2) is 24.5 Å². The van der Waals surface area contributed by atoms with Crippen LogP contribution in [0.5, 0.6) is 5.75 Å². The lowest BCUT2D eigenvalue weighted by Crippen LogP contribution is -2.12. The lowest BCUT2D eigenvalue weighted by molar-refractivity contribution is 0.241. The first-order chi connectivity index (χ1) is 10.1. The van der Waals surface area contributed by atoms with E-state index in [1.165, 1.54) is 41.0 Å². The van der Waals surface area contributed by atoms with E-state index in [0.29, 0.717) is 0 Å². The Balaban J connectivity index is 1.84. The van der Waals surface area contributed by atoms with Crippen molar-refractivity contribution in [3.63, 3.8) is 0 Å². The molecule has 0 spiro atoms. The van der Waals surface area contributed by atoms with E-state index in [9.17, 15) is 0 Å². The van der Waals surface area contributed by atoms with Gasteiger partial charge in [-0.15, -0.1) is 11.3 Å². The van der Waals surface area contributed by atoms with Gasteiger partial charge < -0.3 is 10.5 Å². The molecule has 2 N–H and O–H groups in total. The predicted octanol–water partition coefficient (Wildman–Crippen LogP) is 3.86. The van der Waals surface area contributed by atoms with Gasteiger partial charge in [-0.1, -0.05) is 0 Å². The molecule has 0 saturated heterocycles. The van der Waals surface area contributed by atoms with Crippen LogP contribution in [0, 0.1) is 0 Å². The summed E-state index contributed by atoms with van der Waals surface area (Å²) >= 11 is 1.86. The summed E-state index contributed by atoms with van der Waals surface area (Å²) in [7, 11) is 0. The van der Waals surface area contributed by atoms with Crippen LogP contribution in [0.25, 0.3) is 0 Å². The van der Waals surface area contributed by atoms with E-state index in [2.05, 4.69) is 11.1 Å². The van der Waals surface area contributed by atoms with Crippen LogP contribution in [-0.2, 0) is 12.8 Å². The van der Waals surface area contributed by atoms with E-state index in [1.807, 2.05) is 37.4 Å². The minimum absolute atomic E-state index is 0.108. The summed E-state index contributed by atoms with van der Waals surface area (Å²) in [6.45, 7) is 4.03. The van der Waals surface area contributed by atoms with E-state index in [4.69, 9.17) is 10.5 Å². The topological polar surface area (TPSA) is 48.1 Å². The molecule has 1 atom stereocenters. The number of ether oxygens (including phenoxy) is 1. The molecule has 1 aliphatic carbocycles. The average molecular weight is 302 g/mol. The van der Waals surface area contributed by atoms with Gasteiger partial charge >= 0.3 is 0 Å². The van der Waals surface area contributed by atoms with Gasteiger partial charge in [0.15, 0.2) is 0 Å².